The Bertz CT molecular complexity index is 826. The number of nitrogens with one attached hydrogen (secondary N) is 1. The van der Waals surface area contributed by atoms with Crippen molar-refractivity contribution in [3.8, 4) is 5.75 Å². The molecular formula is C22H21NO2. The van der Waals surface area contributed by atoms with Gasteiger partial charge in [0.15, 0.2) is 0 Å². The number of aryl methyl sites for hydroxylation is 1. The molecule has 0 heterocycles. The van der Waals surface area contributed by atoms with E-state index in [1.807, 2.05) is 73.7 Å². The summed E-state index contributed by atoms with van der Waals surface area (Å²) in [4.78, 5) is 12.2. The summed E-state index contributed by atoms with van der Waals surface area (Å²) in [5, 5.41) is 2.90. The minimum Gasteiger partial charge on any atom is -0.493 e. The van der Waals surface area contributed by atoms with Crippen LogP contribution in [-0.2, 0) is 6.42 Å². The van der Waals surface area contributed by atoms with Gasteiger partial charge in [-0.3, -0.25) is 4.79 Å². The first kappa shape index (κ1) is 16.8. The maximum absolute atomic E-state index is 12.2. The number of carbonyl (C=O) groups is 1. The summed E-state index contributed by atoms with van der Waals surface area (Å²) in [5.74, 6) is 0.686. The maximum Gasteiger partial charge on any atom is 0.255 e. The van der Waals surface area contributed by atoms with Crippen molar-refractivity contribution in [2.24, 2.45) is 0 Å². The molecule has 1 N–H and O–H groups in total. The Kier molecular flexibility index (Phi) is 5.47. The second-order valence-corrected chi connectivity index (χ2v) is 5.93. The van der Waals surface area contributed by atoms with Crippen molar-refractivity contribution < 1.29 is 9.53 Å². The van der Waals surface area contributed by atoms with Crippen molar-refractivity contribution in [3.63, 3.8) is 0 Å². The highest BCUT2D eigenvalue weighted by Gasteiger charge is 2.06. The first-order chi connectivity index (χ1) is 12.2. The van der Waals surface area contributed by atoms with E-state index in [0.717, 1.165) is 23.4 Å². The average Bonchev–Trinajstić information content (AvgIpc) is 2.64. The second kappa shape index (κ2) is 8.15. The van der Waals surface area contributed by atoms with Crippen LogP contribution in [0.1, 0.15) is 21.5 Å². The zero-order valence-electron chi connectivity index (χ0n) is 14.2. The van der Waals surface area contributed by atoms with Crippen molar-refractivity contribution >= 4 is 11.6 Å². The molecule has 0 radical (unpaired) electrons. The molecule has 1 amide bonds. The number of anilines is 1. The Labute approximate surface area is 148 Å². The van der Waals surface area contributed by atoms with Crippen LogP contribution in [0, 0.1) is 6.92 Å². The zero-order chi connectivity index (χ0) is 17.5. The van der Waals surface area contributed by atoms with Gasteiger partial charge in [-0.2, -0.15) is 0 Å². The molecule has 3 aromatic rings. The number of hydrogen-bond donors (Lipinski definition) is 1. The van der Waals surface area contributed by atoms with Gasteiger partial charge in [0, 0.05) is 17.7 Å². The third kappa shape index (κ3) is 4.95. The molecule has 0 bridgehead atoms. The summed E-state index contributed by atoms with van der Waals surface area (Å²) in [6.07, 6.45) is 0.868. The lowest BCUT2D eigenvalue weighted by Gasteiger charge is -2.09. The molecule has 126 valence electrons. The molecular weight excluding hydrogens is 310 g/mol. The van der Waals surface area contributed by atoms with Gasteiger partial charge >= 0.3 is 0 Å². The molecule has 0 aromatic heterocycles. The molecule has 0 spiro atoms. The highest BCUT2D eigenvalue weighted by molar-refractivity contribution is 6.04. The zero-order valence-corrected chi connectivity index (χ0v) is 14.2. The van der Waals surface area contributed by atoms with Crippen LogP contribution in [0.15, 0.2) is 78.9 Å². The molecule has 3 rings (SSSR count). The molecule has 0 aliphatic carbocycles. The standard InChI is InChI=1S/C22H21NO2/c1-17-6-5-9-19(16-17)22(24)23-20-10-12-21(13-11-20)25-15-14-18-7-3-2-4-8-18/h2-13,16H,14-15H2,1H3,(H,23,24). The van der Waals surface area contributed by atoms with Crippen LogP contribution < -0.4 is 10.1 Å². The highest BCUT2D eigenvalue weighted by atomic mass is 16.5. The number of hydrogen-bond acceptors (Lipinski definition) is 2. The van der Waals surface area contributed by atoms with Gasteiger partial charge in [0.2, 0.25) is 0 Å². The predicted octanol–water partition coefficient (Wildman–Crippen LogP) is 4.87. The summed E-state index contributed by atoms with van der Waals surface area (Å²) in [6.45, 7) is 2.59. The Morgan fingerprint density at radius 1 is 0.920 bits per heavy atom. The van der Waals surface area contributed by atoms with E-state index < -0.39 is 0 Å². The lowest BCUT2D eigenvalue weighted by molar-refractivity contribution is 0.102. The molecule has 0 aliphatic rings. The normalized spacial score (nSPS) is 10.3. The van der Waals surface area contributed by atoms with Crippen LogP contribution in [0.25, 0.3) is 0 Å². The molecule has 3 aromatic carbocycles. The topological polar surface area (TPSA) is 38.3 Å². The van der Waals surface area contributed by atoms with Gasteiger partial charge in [-0.05, 0) is 48.9 Å². The fraction of sp³-hybridized carbons (Fsp3) is 0.136. The van der Waals surface area contributed by atoms with E-state index in [-0.39, 0.29) is 5.91 Å². The van der Waals surface area contributed by atoms with E-state index >= 15 is 0 Å². The summed E-state index contributed by atoms with van der Waals surface area (Å²) in [7, 11) is 0. The molecule has 0 aliphatic heterocycles. The van der Waals surface area contributed by atoms with E-state index in [1.54, 1.807) is 0 Å². The van der Waals surface area contributed by atoms with E-state index in [2.05, 4.69) is 17.4 Å². The monoisotopic (exact) mass is 331 g/mol. The SMILES string of the molecule is Cc1cccc(C(=O)Nc2ccc(OCCc3ccccc3)cc2)c1. The first-order valence-corrected chi connectivity index (χ1v) is 8.35. The smallest absolute Gasteiger partial charge is 0.255 e. The fourth-order valence-electron chi connectivity index (χ4n) is 2.56. The Hall–Kier alpha value is -3.07. The minimum atomic E-state index is -0.110. The summed E-state index contributed by atoms with van der Waals surface area (Å²) in [6, 6.07) is 25.2. The van der Waals surface area contributed by atoms with Crippen molar-refractivity contribution in [1.82, 2.24) is 0 Å². The average molecular weight is 331 g/mol. The number of carbonyl (C=O) groups excluding carboxylic acids is 1. The van der Waals surface area contributed by atoms with Gasteiger partial charge in [-0.1, -0.05) is 48.0 Å². The van der Waals surface area contributed by atoms with Crippen LogP contribution in [-0.4, -0.2) is 12.5 Å². The quantitative estimate of drug-likeness (QED) is 0.700. The van der Waals surface area contributed by atoms with E-state index in [0.29, 0.717) is 12.2 Å². The lowest BCUT2D eigenvalue weighted by Crippen LogP contribution is -2.11. The summed E-state index contributed by atoms with van der Waals surface area (Å²) < 4.78 is 5.76. The van der Waals surface area contributed by atoms with Gasteiger partial charge < -0.3 is 10.1 Å². The van der Waals surface area contributed by atoms with E-state index in [4.69, 9.17) is 4.74 Å². The van der Waals surface area contributed by atoms with Crippen LogP contribution in [0.3, 0.4) is 0 Å². The molecule has 3 heteroatoms. The summed E-state index contributed by atoms with van der Waals surface area (Å²) >= 11 is 0. The minimum absolute atomic E-state index is 0.110. The maximum atomic E-state index is 12.2. The number of amides is 1. The van der Waals surface area contributed by atoms with Crippen LogP contribution in [0.5, 0.6) is 5.75 Å². The largest absolute Gasteiger partial charge is 0.493 e. The molecule has 0 unspecified atom stereocenters. The molecule has 3 nitrogen and oxygen atoms in total. The van der Waals surface area contributed by atoms with Gasteiger partial charge in [-0.25, -0.2) is 0 Å². The number of rotatable bonds is 6. The Morgan fingerprint density at radius 2 is 1.68 bits per heavy atom. The van der Waals surface area contributed by atoms with Crippen molar-refractivity contribution in [2.75, 3.05) is 11.9 Å². The van der Waals surface area contributed by atoms with Crippen LogP contribution in [0.4, 0.5) is 5.69 Å². The van der Waals surface area contributed by atoms with E-state index in [1.165, 1.54) is 5.56 Å². The van der Waals surface area contributed by atoms with Gasteiger partial charge in [0.1, 0.15) is 5.75 Å². The summed E-state index contributed by atoms with van der Waals surface area (Å²) in [5.41, 5.74) is 3.73. The van der Waals surface area contributed by atoms with E-state index in [9.17, 15) is 4.79 Å². The van der Waals surface area contributed by atoms with Crippen LogP contribution in [0.2, 0.25) is 0 Å². The van der Waals surface area contributed by atoms with Crippen molar-refractivity contribution in [1.29, 1.82) is 0 Å². The number of ether oxygens (including phenoxy) is 1. The Balaban J connectivity index is 1.52. The third-order valence-electron chi connectivity index (χ3n) is 3.89. The van der Waals surface area contributed by atoms with Gasteiger partial charge in [0.25, 0.3) is 5.91 Å². The molecule has 0 saturated heterocycles. The van der Waals surface area contributed by atoms with Crippen LogP contribution >= 0.6 is 0 Å². The van der Waals surface area contributed by atoms with Gasteiger partial charge in [-0.15, -0.1) is 0 Å². The lowest BCUT2D eigenvalue weighted by atomic mass is 10.1. The molecule has 0 saturated carbocycles. The van der Waals surface area contributed by atoms with Crippen molar-refractivity contribution in [2.45, 2.75) is 13.3 Å². The Morgan fingerprint density at radius 3 is 2.40 bits per heavy atom. The highest BCUT2D eigenvalue weighted by Crippen LogP contribution is 2.17. The molecule has 0 atom stereocenters. The van der Waals surface area contributed by atoms with Gasteiger partial charge in [0.05, 0.1) is 6.61 Å². The third-order valence-corrected chi connectivity index (χ3v) is 3.89. The fourth-order valence-corrected chi connectivity index (χ4v) is 2.56. The number of benzene rings is 3. The molecule has 25 heavy (non-hydrogen) atoms. The molecule has 0 fully saturated rings. The first-order valence-electron chi connectivity index (χ1n) is 8.35. The second-order valence-electron chi connectivity index (χ2n) is 5.93. The predicted molar refractivity (Wildman–Crippen MR) is 101 cm³/mol. The van der Waals surface area contributed by atoms with Crippen molar-refractivity contribution in [3.05, 3.63) is 95.6 Å².